The summed E-state index contributed by atoms with van der Waals surface area (Å²) >= 11 is 0. The quantitative estimate of drug-likeness (QED) is 0.707. The topological polar surface area (TPSA) is 43.3 Å². The first-order chi connectivity index (χ1) is 6.77. The lowest BCUT2D eigenvalue weighted by Crippen LogP contribution is -2.24. The number of carbonyl (C=O) groups excluding carboxylic acids is 1. The Morgan fingerprint density at radius 2 is 2.43 bits per heavy atom. The molecule has 0 aromatic carbocycles. The van der Waals surface area contributed by atoms with E-state index in [2.05, 4.69) is 21.5 Å². The van der Waals surface area contributed by atoms with Crippen LogP contribution in [0.4, 0.5) is 0 Å². The third-order valence-electron chi connectivity index (χ3n) is 2.07. The smallest absolute Gasteiger partial charge is 0.319 e. The fraction of sp³-hybridized carbons (Fsp3) is 0.500. The second-order valence-electron chi connectivity index (χ2n) is 2.97. The van der Waals surface area contributed by atoms with Gasteiger partial charge in [-0.2, -0.15) is 0 Å². The summed E-state index contributed by atoms with van der Waals surface area (Å²) in [6.45, 7) is 3.98. The lowest BCUT2D eigenvalue weighted by molar-refractivity contribution is -0.139. The Morgan fingerprint density at radius 1 is 1.64 bits per heavy atom. The summed E-state index contributed by atoms with van der Waals surface area (Å²) in [6, 6.07) is 4.03. The summed E-state index contributed by atoms with van der Waals surface area (Å²) in [4.78, 5) is 10.8. The largest absolute Gasteiger partial charge is 0.468 e. The molecule has 1 aromatic rings. The van der Waals surface area contributed by atoms with E-state index in [0.29, 0.717) is 6.54 Å². The van der Waals surface area contributed by atoms with Gasteiger partial charge in [0.05, 0.1) is 13.7 Å². The minimum Gasteiger partial charge on any atom is -0.468 e. The zero-order valence-electron chi connectivity index (χ0n) is 8.62. The molecule has 1 rings (SSSR count). The highest BCUT2D eigenvalue weighted by molar-refractivity contribution is 5.71. The Kier molecular flexibility index (Phi) is 4.19. The van der Waals surface area contributed by atoms with Gasteiger partial charge >= 0.3 is 5.97 Å². The first-order valence-electron chi connectivity index (χ1n) is 4.69. The lowest BCUT2D eigenvalue weighted by Gasteiger charge is -2.06. The van der Waals surface area contributed by atoms with Gasteiger partial charge in [0, 0.05) is 25.0 Å². The fourth-order valence-electron chi connectivity index (χ4n) is 1.28. The van der Waals surface area contributed by atoms with E-state index < -0.39 is 0 Å². The molecule has 0 radical (unpaired) electrons. The molecule has 0 saturated carbocycles. The summed E-state index contributed by atoms with van der Waals surface area (Å²) in [5.74, 6) is -0.236. The maximum absolute atomic E-state index is 10.8. The standard InChI is InChI=1S/C10H16N2O2/c1-3-12-6-4-5-9(12)7-11-8-10(13)14-2/h4-6,11H,3,7-8H2,1-2H3. The number of ether oxygens (including phenoxy) is 1. The molecule has 1 N–H and O–H groups in total. The third kappa shape index (κ3) is 2.88. The van der Waals surface area contributed by atoms with Gasteiger partial charge in [-0.3, -0.25) is 4.79 Å². The van der Waals surface area contributed by atoms with Crippen LogP contribution in [0.25, 0.3) is 0 Å². The van der Waals surface area contributed by atoms with Crippen molar-refractivity contribution in [2.75, 3.05) is 13.7 Å². The van der Waals surface area contributed by atoms with Crippen molar-refractivity contribution in [3.05, 3.63) is 24.0 Å². The number of nitrogens with zero attached hydrogens (tertiary/aromatic N) is 1. The van der Waals surface area contributed by atoms with E-state index in [9.17, 15) is 4.79 Å². The lowest BCUT2D eigenvalue weighted by atomic mass is 10.4. The van der Waals surface area contributed by atoms with Gasteiger partial charge < -0.3 is 14.6 Å². The highest BCUT2D eigenvalue weighted by atomic mass is 16.5. The van der Waals surface area contributed by atoms with Crippen molar-refractivity contribution in [3.63, 3.8) is 0 Å². The van der Waals surface area contributed by atoms with Crippen LogP contribution < -0.4 is 5.32 Å². The van der Waals surface area contributed by atoms with Crippen LogP contribution in [0.15, 0.2) is 18.3 Å². The molecule has 0 unspecified atom stereocenters. The molecule has 1 heterocycles. The highest BCUT2D eigenvalue weighted by Gasteiger charge is 2.01. The highest BCUT2D eigenvalue weighted by Crippen LogP contribution is 2.00. The molecule has 0 spiro atoms. The molecular weight excluding hydrogens is 180 g/mol. The normalized spacial score (nSPS) is 10.1. The molecule has 78 valence electrons. The third-order valence-corrected chi connectivity index (χ3v) is 2.07. The van der Waals surface area contributed by atoms with E-state index in [-0.39, 0.29) is 12.5 Å². The maximum Gasteiger partial charge on any atom is 0.319 e. The van der Waals surface area contributed by atoms with Gasteiger partial charge in [-0.05, 0) is 19.1 Å². The van der Waals surface area contributed by atoms with Gasteiger partial charge in [0.2, 0.25) is 0 Å². The summed E-state index contributed by atoms with van der Waals surface area (Å²) in [7, 11) is 1.39. The Bertz CT molecular complexity index is 294. The van der Waals surface area contributed by atoms with Crippen LogP contribution in [0, 0.1) is 0 Å². The molecule has 0 aliphatic heterocycles. The van der Waals surface area contributed by atoms with Gasteiger partial charge in [-0.25, -0.2) is 0 Å². The fourth-order valence-corrected chi connectivity index (χ4v) is 1.28. The van der Waals surface area contributed by atoms with E-state index in [1.165, 1.54) is 12.8 Å². The molecule has 0 aliphatic rings. The number of esters is 1. The molecular formula is C10H16N2O2. The van der Waals surface area contributed by atoms with Crippen LogP contribution in [0.5, 0.6) is 0 Å². The van der Waals surface area contributed by atoms with Gasteiger partial charge in [0.25, 0.3) is 0 Å². The average molecular weight is 196 g/mol. The van der Waals surface area contributed by atoms with Crippen LogP contribution in [-0.4, -0.2) is 24.2 Å². The molecule has 1 aromatic heterocycles. The Morgan fingerprint density at radius 3 is 3.07 bits per heavy atom. The van der Waals surface area contributed by atoms with Crippen molar-refractivity contribution in [1.29, 1.82) is 0 Å². The predicted octanol–water partition coefficient (Wildman–Crippen LogP) is 0.771. The second-order valence-corrected chi connectivity index (χ2v) is 2.97. The van der Waals surface area contributed by atoms with Gasteiger partial charge in [0.1, 0.15) is 0 Å². The van der Waals surface area contributed by atoms with E-state index in [1.807, 2.05) is 18.3 Å². The molecule has 14 heavy (non-hydrogen) atoms. The number of hydrogen-bond acceptors (Lipinski definition) is 3. The molecule has 0 fully saturated rings. The number of carbonyl (C=O) groups is 1. The summed E-state index contributed by atoms with van der Waals surface area (Å²) in [5.41, 5.74) is 1.18. The van der Waals surface area contributed by atoms with Gasteiger partial charge in [-0.15, -0.1) is 0 Å². The van der Waals surface area contributed by atoms with Crippen molar-refractivity contribution >= 4 is 5.97 Å². The molecule has 0 saturated heterocycles. The Labute approximate surface area is 83.9 Å². The van der Waals surface area contributed by atoms with Gasteiger partial charge in [0.15, 0.2) is 0 Å². The van der Waals surface area contributed by atoms with Crippen molar-refractivity contribution in [2.45, 2.75) is 20.0 Å². The van der Waals surface area contributed by atoms with E-state index >= 15 is 0 Å². The number of aryl methyl sites for hydroxylation is 1. The predicted molar refractivity (Wildman–Crippen MR) is 53.8 cm³/mol. The molecule has 0 atom stereocenters. The van der Waals surface area contributed by atoms with Crippen LogP contribution in [0.3, 0.4) is 0 Å². The Hall–Kier alpha value is -1.29. The molecule has 0 aliphatic carbocycles. The molecule has 0 amide bonds. The Balaban J connectivity index is 2.34. The van der Waals surface area contributed by atoms with Crippen molar-refractivity contribution < 1.29 is 9.53 Å². The van der Waals surface area contributed by atoms with E-state index in [1.54, 1.807) is 0 Å². The monoisotopic (exact) mass is 196 g/mol. The van der Waals surface area contributed by atoms with Crippen molar-refractivity contribution in [1.82, 2.24) is 9.88 Å². The van der Waals surface area contributed by atoms with Gasteiger partial charge in [-0.1, -0.05) is 0 Å². The van der Waals surface area contributed by atoms with Crippen LogP contribution in [0.1, 0.15) is 12.6 Å². The maximum atomic E-state index is 10.8. The van der Waals surface area contributed by atoms with Crippen LogP contribution in [0.2, 0.25) is 0 Å². The molecule has 4 nitrogen and oxygen atoms in total. The number of aromatic nitrogens is 1. The summed E-state index contributed by atoms with van der Waals surface area (Å²) in [6.07, 6.45) is 2.02. The minimum atomic E-state index is -0.236. The number of nitrogens with one attached hydrogen (secondary N) is 1. The minimum absolute atomic E-state index is 0.236. The number of rotatable bonds is 5. The molecule has 0 bridgehead atoms. The zero-order valence-corrected chi connectivity index (χ0v) is 8.62. The van der Waals surface area contributed by atoms with E-state index in [0.717, 1.165) is 6.54 Å². The van der Waals surface area contributed by atoms with Crippen LogP contribution in [-0.2, 0) is 22.6 Å². The molecule has 4 heteroatoms. The number of methoxy groups -OCH3 is 1. The number of hydrogen-bond donors (Lipinski definition) is 1. The summed E-state index contributed by atoms with van der Waals surface area (Å²) in [5, 5.41) is 3.02. The first kappa shape index (κ1) is 10.8. The van der Waals surface area contributed by atoms with Crippen molar-refractivity contribution in [2.24, 2.45) is 0 Å². The SMILES string of the molecule is CCn1cccc1CNCC(=O)OC. The zero-order chi connectivity index (χ0) is 10.4. The average Bonchev–Trinajstić information content (AvgIpc) is 2.65. The second kappa shape index (κ2) is 5.44. The van der Waals surface area contributed by atoms with Crippen LogP contribution >= 0.6 is 0 Å². The van der Waals surface area contributed by atoms with Crippen molar-refractivity contribution in [3.8, 4) is 0 Å². The summed E-state index contributed by atoms with van der Waals surface area (Å²) < 4.78 is 6.65. The first-order valence-corrected chi connectivity index (χ1v) is 4.69. The van der Waals surface area contributed by atoms with E-state index in [4.69, 9.17) is 0 Å².